The third kappa shape index (κ3) is 3.96. The van der Waals surface area contributed by atoms with Crippen molar-refractivity contribution in [3.8, 4) is 0 Å². The van der Waals surface area contributed by atoms with E-state index in [9.17, 15) is 9.59 Å². The first-order valence-electron chi connectivity index (χ1n) is 8.14. The fraction of sp³-hybridized carbons (Fsp3) is 0.875. The molecule has 3 unspecified atom stereocenters. The number of nitrogens with zero attached hydrogens (tertiary/aromatic N) is 1. The fourth-order valence-corrected chi connectivity index (χ4v) is 3.72. The molecule has 0 bridgehead atoms. The monoisotopic (exact) mass is 296 g/mol. The zero-order chi connectivity index (χ0) is 15.5. The van der Waals surface area contributed by atoms with Crippen molar-refractivity contribution in [3.05, 3.63) is 0 Å². The molecule has 2 fully saturated rings. The zero-order valence-electron chi connectivity index (χ0n) is 13.2. The number of carbonyl (C=O) groups is 2. The summed E-state index contributed by atoms with van der Waals surface area (Å²) >= 11 is 0. The van der Waals surface area contributed by atoms with Crippen LogP contribution in [-0.4, -0.2) is 48.1 Å². The van der Waals surface area contributed by atoms with Crippen LogP contribution in [0.3, 0.4) is 0 Å². The number of rotatable bonds is 4. The SMILES string of the molecule is CC(CC(=O)O)C1CCCN(C(=O)C2(C)CCCNC2)C1. The third-order valence-electron chi connectivity index (χ3n) is 5.16. The van der Waals surface area contributed by atoms with Crippen LogP contribution < -0.4 is 5.32 Å². The van der Waals surface area contributed by atoms with Crippen LogP contribution in [-0.2, 0) is 9.59 Å². The number of hydrogen-bond acceptors (Lipinski definition) is 3. The maximum absolute atomic E-state index is 12.8. The van der Waals surface area contributed by atoms with Crippen molar-refractivity contribution in [2.75, 3.05) is 26.2 Å². The first kappa shape index (κ1) is 16.3. The average molecular weight is 296 g/mol. The molecule has 0 radical (unpaired) electrons. The lowest BCUT2D eigenvalue weighted by Crippen LogP contribution is -2.53. The van der Waals surface area contributed by atoms with Crippen molar-refractivity contribution in [3.63, 3.8) is 0 Å². The number of nitrogens with one attached hydrogen (secondary N) is 1. The molecule has 2 aliphatic heterocycles. The molecule has 0 aromatic rings. The minimum atomic E-state index is -0.741. The summed E-state index contributed by atoms with van der Waals surface area (Å²) in [6.45, 7) is 7.37. The molecule has 2 N–H and O–H groups in total. The molecule has 5 nitrogen and oxygen atoms in total. The normalized spacial score (nSPS) is 31.7. The highest BCUT2D eigenvalue weighted by molar-refractivity contribution is 5.83. The molecule has 0 spiro atoms. The lowest BCUT2D eigenvalue weighted by atomic mass is 9.79. The highest BCUT2D eigenvalue weighted by Gasteiger charge is 2.39. The van der Waals surface area contributed by atoms with E-state index in [2.05, 4.69) is 12.2 Å². The lowest BCUT2D eigenvalue weighted by Gasteiger charge is -2.42. The van der Waals surface area contributed by atoms with E-state index in [0.717, 1.165) is 51.9 Å². The number of amides is 1. The van der Waals surface area contributed by atoms with Crippen molar-refractivity contribution >= 4 is 11.9 Å². The molecule has 2 rings (SSSR count). The first-order chi connectivity index (χ1) is 9.92. The molecule has 0 saturated carbocycles. The van der Waals surface area contributed by atoms with E-state index in [1.54, 1.807) is 0 Å². The zero-order valence-corrected chi connectivity index (χ0v) is 13.2. The summed E-state index contributed by atoms with van der Waals surface area (Å²) in [7, 11) is 0. The van der Waals surface area contributed by atoms with Gasteiger partial charge in [-0.1, -0.05) is 6.92 Å². The molecule has 0 aliphatic carbocycles. The lowest BCUT2D eigenvalue weighted by molar-refractivity contribution is -0.144. The Kier molecular flexibility index (Phi) is 5.25. The van der Waals surface area contributed by atoms with Gasteiger partial charge in [-0.3, -0.25) is 9.59 Å². The van der Waals surface area contributed by atoms with Crippen LogP contribution in [0.1, 0.15) is 46.0 Å². The van der Waals surface area contributed by atoms with Gasteiger partial charge in [0.2, 0.25) is 5.91 Å². The molecule has 2 heterocycles. The summed E-state index contributed by atoms with van der Waals surface area (Å²) in [6.07, 6.45) is 4.22. The van der Waals surface area contributed by atoms with Crippen molar-refractivity contribution in [2.45, 2.75) is 46.0 Å². The van der Waals surface area contributed by atoms with Crippen LogP contribution in [0.4, 0.5) is 0 Å². The summed E-state index contributed by atoms with van der Waals surface area (Å²) < 4.78 is 0. The van der Waals surface area contributed by atoms with E-state index in [1.165, 1.54) is 0 Å². The standard InChI is InChI=1S/C16H28N2O3/c1-12(9-14(19)20)13-5-3-8-18(10-13)15(21)16(2)6-4-7-17-11-16/h12-13,17H,3-11H2,1-2H3,(H,19,20). The van der Waals surface area contributed by atoms with Crippen LogP contribution in [0.5, 0.6) is 0 Å². The van der Waals surface area contributed by atoms with Gasteiger partial charge < -0.3 is 15.3 Å². The van der Waals surface area contributed by atoms with Gasteiger partial charge in [-0.25, -0.2) is 0 Å². The molecule has 120 valence electrons. The number of piperidine rings is 2. The average Bonchev–Trinajstić information content (AvgIpc) is 2.46. The highest BCUT2D eigenvalue weighted by atomic mass is 16.4. The van der Waals surface area contributed by atoms with Crippen molar-refractivity contribution in [1.29, 1.82) is 0 Å². The van der Waals surface area contributed by atoms with E-state index in [4.69, 9.17) is 5.11 Å². The van der Waals surface area contributed by atoms with Gasteiger partial charge in [0.05, 0.1) is 5.41 Å². The predicted octanol–water partition coefficient (Wildman–Crippen LogP) is 1.73. The molecule has 0 aromatic heterocycles. The van der Waals surface area contributed by atoms with E-state index < -0.39 is 5.97 Å². The molecule has 2 saturated heterocycles. The quantitative estimate of drug-likeness (QED) is 0.829. The van der Waals surface area contributed by atoms with Gasteiger partial charge in [0.1, 0.15) is 0 Å². The molecule has 0 aromatic carbocycles. The number of carbonyl (C=O) groups excluding carboxylic acids is 1. The number of carboxylic acid groups (broad SMARTS) is 1. The molecule has 3 atom stereocenters. The van der Waals surface area contributed by atoms with Crippen LogP contribution in [0.2, 0.25) is 0 Å². The van der Waals surface area contributed by atoms with E-state index in [1.807, 2.05) is 11.8 Å². The van der Waals surface area contributed by atoms with E-state index in [-0.39, 0.29) is 23.7 Å². The van der Waals surface area contributed by atoms with Crippen LogP contribution in [0.15, 0.2) is 0 Å². The molecular weight excluding hydrogens is 268 g/mol. The van der Waals surface area contributed by atoms with Gasteiger partial charge in [0.15, 0.2) is 0 Å². The number of aliphatic carboxylic acids is 1. The molecule has 1 amide bonds. The summed E-state index contributed by atoms with van der Waals surface area (Å²) in [6, 6.07) is 0. The van der Waals surface area contributed by atoms with Gasteiger partial charge in [0, 0.05) is 26.1 Å². The number of hydrogen-bond donors (Lipinski definition) is 2. The van der Waals surface area contributed by atoms with Gasteiger partial charge in [-0.05, 0) is 51.0 Å². The number of carboxylic acids is 1. The minimum absolute atomic E-state index is 0.135. The second-order valence-electron chi connectivity index (χ2n) is 7.07. The first-order valence-corrected chi connectivity index (χ1v) is 8.14. The van der Waals surface area contributed by atoms with Crippen LogP contribution >= 0.6 is 0 Å². The Morgan fingerprint density at radius 3 is 2.81 bits per heavy atom. The summed E-state index contributed by atoms with van der Waals surface area (Å²) in [5.41, 5.74) is -0.282. The van der Waals surface area contributed by atoms with Gasteiger partial charge in [-0.2, -0.15) is 0 Å². The second-order valence-corrected chi connectivity index (χ2v) is 7.07. The molecule has 5 heteroatoms. The van der Waals surface area contributed by atoms with Gasteiger partial charge >= 0.3 is 5.97 Å². The summed E-state index contributed by atoms with van der Waals surface area (Å²) in [5.74, 6) is -0.0364. The van der Waals surface area contributed by atoms with Crippen LogP contribution in [0, 0.1) is 17.3 Å². The van der Waals surface area contributed by atoms with E-state index in [0.29, 0.717) is 5.92 Å². The Hall–Kier alpha value is -1.10. The third-order valence-corrected chi connectivity index (χ3v) is 5.16. The summed E-state index contributed by atoms with van der Waals surface area (Å²) in [4.78, 5) is 25.7. The van der Waals surface area contributed by atoms with E-state index >= 15 is 0 Å². The maximum atomic E-state index is 12.8. The minimum Gasteiger partial charge on any atom is -0.481 e. The Balaban J connectivity index is 1.96. The Morgan fingerprint density at radius 2 is 2.19 bits per heavy atom. The molecular formula is C16H28N2O3. The Morgan fingerprint density at radius 1 is 1.43 bits per heavy atom. The Labute approximate surface area is 127 Å². The Bertz CT molecular complexity index is 391. The maximum Gasteiger partial charge on any atom is 0.303 e. The van der Waals surface area contributed by atoms with Crippen molar-refractivity contribution in [2.24, 2.45) is 17.3 Å². The van der Waals surface area contributed by atoms with Gasteiger partial charge in [0.25, 0.3) is 0 Å². The van der Waals surface area contributed by atoms with Crippen LogP contribution in [0.25, 0.3) is 0 Å². The largest absolute Gasteiger partial charge is 0.481 e. The number of likely N-dealkylation sites (tertiary alicyclic amines) is 1. The molecule has 21 heavy (non-hydrogen) atoms. The highest BCUT2D eigenvalue weighted by Crippen LogP contribution is 2.32. The predicted molar refractivity (Wildman–Crippen MR) is 80.9 cm³/mol. The fourth-order valence-electron chi connectivity index (χ4n) is 3.72. The second kappa shape index (κ2) is 6.77. The van der Waals surface area contributed by atoms with Crippen molar-refractivity contribution < 1.29 is 14.7 Å². The van der Waals surface area contributed by atoms with Gasteiger partial charge in [-0.15, -0.1) is 0 Å². The summed E-state index contributed by atoms with van der Waals surface area (Å²) in [5, 5.41) is 12.3. The van der Waals surface area contributed by atoms with Crippen molar-refractivity contribution in [1.82, 2.24) is 10.2 Å². The smallest absolute Gasteiger partial charge is 0.303 e. The topological polar surface area (TPSA) is 69.6 Å². The molecule has 2 aliphatic rings.